The standard InChI is InChI=1S/C18H25N3O4/c1-12(2)19-18(24)14-9-13-6-8-21(10-15(13)25-14)17(23)11-20-7-4-3-5-16(20)22/h3-5,7,12-15H,6,8-11H2,1-2H3,(H,19,24)/t13-,14?,15-/m0/s1. The maximum atomic E-state index is 12.5. The lowest BCUT2D eigenvalue weighted by molar-refractivity contribution is -0.138. The molecule has 7 heteroatoms. The van der Waals surface area contributed by atoms with E-state index < -0.39 is 6.10 Å². The van der Waals surface area contributed by atoms with Gasteiger partial charge in [-0.2, -0.15) is 0 Å². The average molecular weight is 347 g/mol. The number of rotatable bonds is 4. The van der Waals surface area contributed by atoms with Crippen molar-refractivity contribution in [3.8, 4) is 0 Å². The Labute approximate surface area is 147 Å². The maximum absolute atomic E-state index is 12.5. The number of carbonyl (C=O) groups excluding carboxylic acids is 2. The highest BCUT2D eigenvalue weighted by molar-refractivity contribution is 5.81. The summed E-state index contributed by atoms with van der Waals surface area (Å²) in [5, 5.41) is 2.88. The quantitative estimate of drug-likeness (QED) is 0.854. The van der Waals surface area contributed by atoms with E-state index in [0.717, 1.165) is 6.42 Å². The van der Waals surface area contributed by atoms with Crippen LogP contribution in [0.3, 0.4) is 0 Å². The van der Waals surface area contributed by atoms with Crippen LogP contribution in [-0.2, 0) is 20.9 Å². The molecule has 3 heterocycles. The first-order valence-corrected chi connectivity index (χ1v) is 8.83. The molecule has 0 radical (unpaired) electrons. The number of hydrogen-bond acceptors (Lipinski definition) is 4. The van der Waals surface area contributed by atoms with Crippen LogP contribution in [0.4, 0.5) is 0 Å². The number of pyridine rings is 1. The van der Waals surface area contributed by atoms with Crippen LogP contribution in [0.2, 0.25) is 0 Å². The normalized spacial score (nSPS) is 25.7. The number of ether oxygens (including phenoxy) is 1. The predicted octanol–water partition coefficient (Wildman–Crippen LogP) is 0.379. The van der Waals surface area contributed by atoms with Gasteiger partial charge in [0.1, 0.15) is 12.6 Å². The fourth-order valence-corrected chi connectivity index (χ4v) is 3.54. The van der Waals surface area contributed by atoms with Crippen molar-refractivity contribution in [2.24, 2.45) is 5.92 Å². The van der Waals surface area contributed by atoms with Gasteiger partial charge in [0.2, 0.25) is 11.8 Å². The summed E-state index contributed by atoms with van der Waals surface area (Å²) >= 11 is 0. The second kappa shape index (κ2) is 7.39. The van der Waals surface area contributed by atoms with E-state index in [0.29, 0.717) is 25.4 Å². The first-order chi connectivity index (χ1) is 11.9. The molecule has 2 aliphatic heterocycles. The van der Waals surface area contributed by atoms with Crippen LogP contribution >= 0.6 is 0 Å². The van der Waals surface area contributed by atoms with Crippen molar-refractivity contribution in [3.63, 3.8) is 0 Å². The fourth-order valence-electron chi connectivity index (χ4n) is 3.54. The molecule has 1 unspecified atom stereocenters. The maximum Gasteiger partial charge on any atom is 0.250 e. The third kappa shape index (κ3) is 4.10. The molecule has 2 aliphatic rings. The fraction of sp³-hybridized carbons (Fsp3) is 0.611. The average Bonchev–Trinajstić information content (AvgIpc) is 2.99. The summed E-state index contributed by atoms with van der Waals surface area (Å²) in [6.07, 6.45) is 2.62. The first kappa shape index (κ1) is 17.7. The number of fused-ring (bicyclic) bond motifs is 1. The van der Waals surface area contributed by atoms with E-state index >= 15 is 0 Å². The monoisotopic (exact) mass is 347 g/mol. The van der Waals surface area contributed by atoms with E-state index in [1.807, 2.05) is 13.8 Å². The predicted molar refractivity (Wildman–Crippen MR) is 91.9 cm³/mol. The smallest absolute Gasteiger partial charge is 0.250 e. The molecule has 25 heavy (non-hydrogen) atoms. The topological polar surface area (TPSA) is 80.6 Å². The van der Waals surface area contributed by atoms with Gasteiger partial charge in [0.15, 0.2) is 0 Å². The van der Waals surface area contributed by atoms with Crippen LogP contribution in [0.1, 0.15) is 26.7 Å². The molecule has 1 aromatic rings. The summed E-state index contributed by atoms with van der Waals surface area (Å²) in [6, 6.07) is 4.92. The van der Waals surface area contributed by atoms with Gasteiger partial charge in [-0.05, 0) is 38.7 Å². The minimum atomic E-state index is -0.427. The zero-order valence-corrected chi connectivity index (χ0v) is 14.7. The van der Waals surface area contributed by atoms with E-state index in [1.165, 1.54) is 10.6 Å². The number of hydrogen-bond donors (Lipinski definition) is 1. The first-order valence-electron chi connectivity index (χ1n) is 8.83. The van der Waals surface area contributed by atoms with Crippen molar-refractivity contribution in [1.29, 1.82) is 0 Å². The van der Waals surface area contributed by atoms with Crippen molar-refractivity contribution in [1.82, 2.24) is 14.8 Å². The molecule has 0 saturated carbocycles. The van der Waals surface area contributed by atoms with E-state index in [-0.39, 0.29) is 36.1 Å². The molecule has 7 nitrogen and oxygen atoms in total. The number of nitrogens with one attached hydrogen (secondary N) is 1. The molecule has 0 aliphatic carbocycles. The van der Waals surface area contributed by atoms with Gasteiger partial charge >= 0.3 is 0 Å². The van der Waals surface area contributed by atoms with Gasteiger partial charge < -0.3 is 19.5 Å². The minimum absolute atomic E-state index is 0.0360. The zero-order chi connectivity index (χ0) is 18.0. The van der Waals surface area contributed by atoms with E-state index in [4.69, 9.17) is 4.74 Å². The molecule has 0 aromatic carbocycles. The van der Waals surface area contributed by atoms with Gasteiger partial charge in [0.25, 0.3) is 5.56 Å². The molecule has 2 amide bonds. The number of amides is 2. The van der Waals surface area contributed by atoms with Gasteiger partial charge in [0, 0.05) is 31.4 Å². The highest BCUT2D eigenvalue weighted by atomic mass is 16.5. The SMILES string of the molecule is CC(C)NC(=O)C1C[C@@H]2CCN(C(=O)Cn3ccccc3=O)C[C@@H]2O1. The lowest BCUT2D eigenvalue weighted by Gasteiger charge is -2.34. The van der Waals surface area contributed by atoms with Gasteiger partial charge in [-0.1, -0.05) is 6.07 Å². The molecule has 2 fully saturated rings. The molecule has 0 bridgehead atoms. The van der Waals surface area contributed by atoms with Crippen molar-refractivity contribution >= 4 is 11.8 Å². The van der Waals surface area contributed by atoms with Crippen molar-refractivity contribution in [2.45, 2.75) is 51.5 Å². The highest BCUT2D eigenvalue weighted by Gasteiger charge is 2.42. The minimum Gasteiger partial charge on any atom is -0.363 e. The van der Waals surface area contributed by atoms with Crippen LogP contribution in [0.15, 0.2) is 29.2 Å². The number of aromatic nitrogens is 1. The molecule has 1 aromatic heterocycles. The van der Waals surface area contributed by atoms with Crippen LogP contribution in [0.5, 0.6) is 0 Å². The Kier molecular flexibility index (Phi) is 5.22. The van der Waals surface area contributed by atoms with Crippen LogP contribution < -0.4 is 10.9 Å². The van der Waals surface area contributed by atoms with Gasteiger partial charge in [-0.25, -0.2) is 0 Å². The van der Waals surface area contributed by atoms with Crippen LogP contribution in [-0.4, -0.2) is 52.6 Å². The second-order valence-corrected chi connectivity index (χ2v) is 7.12. The van der Waals surface area contributed by atoms with Crippen molar-refractivity contribution in [3.05, 3.63) is 34.7 Å². The number of likely N-dealkylation sites (tertiary alicyclic amines) is 1. The molecule has 2 saturated heterocycles. The Morgan fingerprint density at radius 2 is 2.16 bits per heavy atom. The number of carbonyl (C=O) groups is 2. The Bertz CT molecular complexity index is 700. The highest BCUT2D eigenvalue weighted by Crippen LogP contribution is 2.33. The van der Waals surface area contributed by atoms with E-state index in [9.17, 15) is 14.4 Å². The summed E-state index contributed by atoms with van der Waals surface area (Å²) in [4.78, 5) is 38.1. The summed E-state index contributed by atoms with van der Waals surface area (Å²) in [5.74, 6) is 0.148. The van der Waals surface area contributed by atoms with Crippen molar-refractivity contribution in [2.75, 3.05) is 13.1 Å². The molecular weight excluding hydrogens is 322 g/mol. The zero-order valence-electron chi connectivity index (χ0n) is 14.7. The number of nitrogens with zero attached hydrogens (tertiary/aromatic N) is 2. The Hall–Kier alpha value is -2.15. The van der Waals surface area contributed by atoms with Crippen LogP contribution in [0.25, 0.3) is 0 Å². The van der Waals surface area contributed by atoms with E-state index in [1.54, 1.807) is 23.2 Å². The Balaban J connectivity index is 1.58. The summed E-state index contributed by atoms with van der Waals surface area (Å²) in [6.45, 7) is 5.01. The summed E-state index contributed by atoms with van der Waals surface area (Å²) in [5.41, 5.74) is -0.187. The van der Waals surface area contributed by atoms with Crippen molar-refractivity contribution < 1.29 is 14.3 Å². The van der Waals surface area contributed by atoms with E-state index in [2.05, 4.69) is 5.32 Å². The van der Waals surface area contributed by atoms with Gasteiger partial charge in [-0.3, -0.25) is 14.4 Å². The molecule has 1 N–H and O–H groups in total. The van der Waals surface area contributed by atoms with Crippen LogP contribution in [0, 0.1) is 5.92 Å². The van der Waals surface area contributed by atoms with Gasteiger partial charge in [0.05, 0.1) is 6.10 Å². The Morgan fingerprint density at radius 1 is 1.36 bits per heavy atom. The second-order valence-electron chi connectivity index (χ2n) is 7.12. The Morgan fingerprint density at radius 3 is 2.88 bits per heavy atom. The van der Waals surface area contributed by atoms with Gasteiger partial charge in [-0.15, -0.1) is 0 Å². The lowest BCUT2D eigenvalue weighted by atomic mass is 9.91. The third-order valence-electron chi connectivity index (χ3n) is 4.83. The summed E-state index contributed by atoms with van der Waals surface area (Å²) < 4.78 is 7.31. The lowest BCUT2D eigenvalue weighted by Crippen LogP contribution is -2.47. The molecule has 136 valence electrons. The number of piperidine rings is 1. The molecule has 3 rings (SSSR count). The molecule has 3 atom stereocenters. The summed E-state index contributed by atoms with van der Waals surface area (Å²) in [7, 11) is 0. The molecule has 0 spiro atoms. The largest absolute Gasteiger partial charge is 0.363 e. The molecular formula is C18H25N3O4. The third-order valence-corrected chi connectivity index (χ3v) is 4.83.